The Morgan fingerprint density at radius 3 is 2.64 bits per heavy atom. The van der Waals surface area contributed by atoms with Crippen molar-refractivity contribution in [2.24, 2.45) is 0 Å². The summed E-state index contributed by atoms with van der Waals surface area (Å²) in [6.07, 6.45) is 8.20. The number of carbonyl (C=O) groups excluding carboxylic acids is 1. The number of ether oxygens (including phenoxy) is 1. The first-order valence-electron chi connectivity index (χ1n) is 13.0. The van der Waals surface area contributed by atoms with Gasteiger partial charge in [-0.15, -0.1) is 0 Å². The molecule has 1 amide bonds. The van der Waals surface area contributed by atoms with E-state index < -0.39 is 0 Å². The van der Waals surface area contributed by atoms with Crippen molar-refractivity contribution in [3.63, 3.8) is 0 Å². The van der Waals surface area contributed by atoms with Crippen LogP contribution in [0.5, 0.6) is 11.6 Å². The zero-order chi connectivity index (χ0) is 27.4. The number of aromatic amines is 1. The Hall–Kier alpha value is -4.51. The Kier molecular flexibility index (Phi) is 7.69. The lowest BCUT2D eigenvalue weighted by Crippen LogP contribution is -2.37. The van der Waals surface area contributed by atoms with Crippen LogP contribution in [0.2, 0.25) is 0 Å². The molecule has 5 rings (SSSR count). The summed E-state index contributed by atoms with van der Waals surface area (Å²) in [7, 11) is 3.91. The van der Waals surface area contributed by atoms with Gasteiger partial charge in [0.15, 0.2) is 5.82 Å². The minimum absolute atomic E-state index is 0.00616. The average Bonchev–Trinajstić information content (AvgIpc) is 3.34. The summed E-state index contributed by atoms with van der Waals surface area (Å²) >= 11 is 0. The van der Waals surface area contributed by atoms with E-state index >= 15 is 0 Å². The van der Waals surface area contributed by atoms with Crippen LogP contribution < -0.4 is 21.3 Å². The Morgan fingerprint density at radius 2 is 1.95 bits per heavy atom. The molecule has 3 heterocycles. The number of carbonyl (C=O) groups is 1. The topological polar surface area (TPSA) is 144 Å². The van der Waals surface area contributed by atoms with Crippen LogP contribution in [0.4, 0.5) is 5.82 Å². The van der Waals surface area contributed by atoms with Crippen LogP contribution in [0, 0.1) is 0 Å². The molecule has 1 saturated carbocycles. The molecule has 1 aliphatic carbocycles. The zero-order valence-corrected chi connectivity index (χ0v) is 22.0. The Labute approximate surface area is 225 Å². The maximum absolute atomic E-state index is 12.9. The van der Waals surface area contributed by atoms with Crippen molar-refractivity contribution >= 4 is 22.6 Å². The van der Waals surface area contributed by atoms with Crippen LogP contribution in [0.15, 0.2) is 65.6 Å². The molecule has 0 radical (unpaired) electrons. The summed E-state index contributed by atoms with van der Waals surface area (Å²) in [4.78, 5) is 31.4. The smallest absolute Gasteiger partial charge is 0.290 e. The maximum atomic E-state index is 12.9. The molecular weight excluding hydrogens is 496 g/mol. The number of H-pyrrole nitrogens is 1. The van der Waals surface area contributed by atoms with Crippen LogP contribution in [0.1, 0.15) is 31.7 Å². The third-order valence-corrected chi connectivity index (χ3v) is 6.78. The van der Waals surface area contributed by atoms with Crippen molar-refractivity contribution in [3.8, 4) is 22.9 Å². The van der Waals surface area contributed by atoms with E-state index in [4.69, 9.17) is 15.6 Å². The van der Waals surface area contributed by atoms with Gasteiger partial charge in [-0.1, -0.05) is 12.1 Å². The van der Waals surface area contributed by atoms with Gasteiger partial charge in [0.05, 0.1) is 11.4 Å². The van der Waals surface area contributed by atoms with Crippen molar-refractivity contribution < 1.29 is 9.53 Å². The number of aromatic nitrogens is 5. The number of anilines is 1. The number of likely N-dealkylation sites (N-methyl/N-ethyl adjacent to an activating group) is 1. The SMILES string of the molecule is CN(C)C/C=C/C(=O)NC1CCC(n2nc(-c3ccc(Oc4ccccn4)cc3)c3c(N)n[nH]c(=O)c32)CC1. The normalized spacial score (nSPS) is 17.6. The Balaban J connectivity index is 1.36. The number of nitrogens with two attached hydrogens (primary N) is 1. The zero-order valence-electron chi connectivity index (χ0n) is 22.0. The van der Waals surface area contributed by atoms with Crippen molar-refractivity contribution in [2.45, 2.75) is 37.8 Å². The van der Waals surface area contributed by atoms with E-state index in [2.05, 4.69) is 20.5 Å². The third-order valence-electron chi connectivity index (χ3n) is 6.78. The fraction of sp³-hybridized carbons (Fsp3) is 0.321. The highest BCUT2D eigenvalue weighted by atomic mass is 16.5. The molecule has 1 fully saturated rings. The van der Waals surface area contributed by atoms with Crippen LogP contribution in [-0.2, 0) is 4.79 Å². The summed E-state index contributed by atoms with van der Waals surface area (Å²) in [5, 5.41) is 15.0. The first-order valence-corrected chi connectivity index (χ1v) is 13.0. The Morgan fingerprint density at radius 1 is 1.18 bits per heavy atom. The number of benzene rings is 1. The molecule has 0 aliphatic heterocycles. The molecule has 0 spiro atoms. The number of nitrogens with one attached hydrogen (secondary N) is 2. The summed E-state index contributed by atoms with van der Waals surface area (Å²) in [6, 6.07) is 12.9. The molecule has 39 heavy (non-hydrogen) atoms. The molecule has 4 N–H and O–H groups in total. The molecule has 11 heteroatoms. The van der Waals surface area contributed by atoms with Crippen molar-refractivity contribution in [1.29, 1.82) is 0 Å². The van der Waals surface area contributed by atoms with E-state index in [1.807, 2.05) is 61.5 Å². The van der Waals surface area contributed by atoms with Crippen molar-refractivity contribution in [2.75, 3.05) is 26.4 Å². The number of pyridine rings is 1. The number of hydrogen-bond acceptors (Lipinski definition) is 8. The van der Waals surface area contributed by atoms with E-state index in [0.29, 0.717) is 34.8 Å². The summed E-state index contributed by atoms with van der Waals surface area (Å²) in [6.45, 7) is 0.710. The van der Waals surface area contributed by atoms with Crippen molar-refractivity contribution in [1.82, 2.24) is 35.2 Å². The third kappa shape index (κ3) is 5.99. The predicted molar refractivity (Wildman–Crippen MR) is 149 cm³/mol. The second-order valence-electron chi connectivity index (χ2n) is 9.93. The predicted octanol–water partition coefficient (Wildman–Crippen LogP) is 3.27. The lowest BCUT2D eigenvalue weighted by Gasteiger charge is -2.29. The lowest BCUT2D eigenvalue weighted by atomic mass is 9.91. The molecule has 11 nitrogen and oxygen atoms in total. The van der Waals surface area contributed by atoms with E-state index in [-0.39, 0.29) is 29.4 Å². The van der Waals surface area contributed by atoms with Gasteiger partial charge in [0.25, 0.3) is 5.56 Å². The molecule has 0 bridgehead atoms. The van der Waals surface area contributed by atoms with Gasteiger partial charge in [0.1, 0.15) is 17.0 Å². The van der Waals surface area contributed by atoms with E-state index in [1.165, 1.54) is 0 Å². The minimum Gasteiger partial charge on any atom is -0.439 e. The summed E-state index contributed by atoms with van der Waals surface area (Å²) < 4.78 is 7.59. The van der Waals surface area contributed by atoms with E-state index in [1.54, 1.807) is 23.0 Å². The largest absolute Gasteiger partial charge is 0.439 e. The lowest BCUT2D eigenvalue weighted by molar-refractivity contribution is -0.117. The maximum Gasteiger partial charge on any atom is 0.290 e. The van der Waals surface area contributed by atoms with Gasteiger partial charge in [-0.2, -0.15) is 10.2 Å². The molecule has 0 atom stereocenters. The highest BCUT2D eigenvalue weighted by Crippen LogP contribution is 2.36. The molecule has 3 aromatic heterocycles. The fourth-order valence-electron chi connectivity index (χ4n) is 4.87. The van der Waals surface area contributed by atoms with Crippen molar-refractivity contribution in [3.05, 3.63) is 71.2 Å². The van der Waals surface area contributed by atoms with Gasteiger partial charge in [-0.25, -0.2) is 10.1 Å². The molecule has 0 saturated heterocycles. The number of amides is 1. The van der Waals surface area contributed by atoms with Gasteiger partial charge in [0, 0.05) is 36.5 Å². The number of rotatable bonds is 8. The van der Waals surface area contributed by atoms with Crippen LogP contribution in [-0.4, -0.2) is 62.5 Å². The molecular formula is C28H32N8O3. The van der Waals surface area contributed by atoms with Gasteiger partial charge < -0.3 is 20.7 Å². The number of fused-ring (bicyclic) bond motifs is 1. The van der Waals surface area contributed by atoms with Gasteiger partial charge in [0.2, 0.25) is 11.8 Å². The second-order valence-corrected chi connectivity index (χ2v) is 9.93. The highest BCUT2D eigenvalue weighted by Gasteiger charge is 2.28. The average molecular weight is 529 g/mol. The number of hydrogen-bond donors (Lipinski definition) is 3. The number of nitrogen functional groups attached to an aromatic ring is 1. The standard InChI is InChI=1S/C28H32N8O3/c1-35(2)17-5-6-22(37)31-19-10-12-20(13-11-19)36-26-24(27(29)32-33-28(26)38)25(34-36)18-8-14-21(15-9-18)39-23-7-3-4-16-30-23/h3-9,14-16,19-20H,10-13,17H2,1-2H3,(H2,29,32)(H,31,37)(H,33,38)/b6-5+. The monoisotopic (exact) mass is 528 g/mol. The van der Waals surface area contributed by atoms with Gasteiger partial charge in [-0.05, 0) is 70.1 Å². The van der Waals surface area contributed by atoms with E-state index in [0.717, 1.165) is 31.2 Å². The molecule has 202 valence electrons. The number of nitrogens with zero attached hydrogens (tertiary/aromatic N) is 5. The van der Waals surface area contributed by atoms with Gasteiger partial charge >= 0.3 is 0 Å². The molecule has 4 aromatic rings. The van der Waals surface area contributed by atoms with Crippen LogP contribution >= 0.6 is 0 Å². The fourth-order valence-corrected chi connectivity index (χ4v) is 4.87. The van der Waals surface area contributed by atoms with Gasteiger partial charge in [-0.3, -0.25) is 14.3 Å². The first-order chi connectivity index (χ1) is 18.9. The quantitative estimate of drug-likeness (QED) is 0.296. The minimum atomic E-state index is -0.338. The van der Waals surface area contributed by atoms with E-state index in [9.17, 15) is 9.59 Å². The molecule has 1 aromatic carbocycles. The molecule has 1 aliphatic rings. The summed E-state index contributed by atoms with van der Waals surface area (Å²) in [5.74, 6) is 1.25. The Bertz CT molecular complexity index is 1520. The van der Waals surface area contributed by atoms with Crippen LogP contribution in [0.25, 0.3) is 22.2 Å². The summed E-state index contributed by atoms with van der Waals surface area (Å²) in [5.41, 5.74) is 7.70. The molecule has 0 unspecified atom stereocenters. The van der Waals surface area contributed by atoms with Crippen LogP contribution in [0.3, 0.4) is 0 Å². The first kappa shape index (κ1) is 26.1. The second kappa shape index (κ2) is 11.5. The highest BCUT2D eigenvalue weighted by molar-refractivity contribution is 5.99.